The normalized spacial score (nSPS) is 16.2. The molecule has 1 fully saturated rings. The van der Waals surface area contributed by atoms with Gasteiger partial charge in [-0.3, -0.25) is 9.36 Å². The summed E-state index contributed by atoms with van der Waals surface area (Å²) in [5, 5.41) is 12.2. The summed E-state index contributed by atoms with van der Waals surface area (Å²) in [6.07, 6.45) is 0. The van der Waals surface area contributed by atoms with Crippen LogP contribution in [0.1, 0.15) is 12.5 Å². The zero-order valence-corrected chi connectivity index (χ0v) is 20.0. The highest BCUT2D eigenvalue weighted by Gasteiger charge is 2.25. The maximum atomic E-state index is 13.0. The minimum Gasteiger partial charge on any atom is -0.486 e. The van der Waals surface area contributed by atoms with Crippen molar-refractivity contribution in [3.05, 3.63) is 48.0 Å². The lowest BCUT2D eigenvalue weighted by atomic mass is 10.2. The van der Waals surface area contributed by atoms with Gasteiger partial charge in [-0.1, -0.05) is 29.5 Å². The van der Waals surface area contributed by atoms with Crippen molar-refractivity contribution >= 4 is 29.3 Å². The lowest BCUT2D eigenvalue weighted by Gasteiger charge is -2.28. The summed E-state index contributed by atoms with van der Waals surface area (Å²) in [7, 11) is 0. The molecule has 1 N–H and O–H groups in total. The van der Waals surface area contributed by atoms with Gasteiger partial charge in [0.05, 0.1) is 24.2 Å². The van der Waals surface area contributed by atoms with Crippen molar-refractivity contribution in [3.8, 4) is 17.2 Å². The molecule has 2 aromatic carbocycles. The molecule has 0 radical (unpaired) electrons. The van der Waals surface area contributed by atoms with E-state index >= 15 is 0 Å². The predicted molar refractivity (Wildman–Crippen MR) is 131 cm³/mol. The van der Waals surface area contributed by atoms with Crippen molar-refractivity contribution < 1.29 is 19.0 Å². The Labute approximate surface area is 202 Å². The van der Waals surface area contributed by atoms with Crippen molar-refractivity contribution in [3.63, 3.8) is 0 Å². The summed E-state index contributed by atoms with van der Waals surface area (Å²) >= 11 is 1.37. The summed E-state index contributed by atoms with van der Waals surface area (Å²) in [5.41, 5.74) is 2.79. The van der Waals surface area contributed by atoms with Crippen LogP contribution in [0.2, 0.25) is 0 Å². The Hall–Kier alpha value is -3.24. The number of rotatable bonds is 6. The first-order valence-electron chi connectivity index (χ1n) is 11.3. The molecule has 3 aromatic rings. The van der Waals surface area contributed by atoms with E-state index in [1.807, 2.05) is 35.8 Å². The van der Waals surface area contributed by atoms with Gasteiger partial charge in [0.2, 0.25) is 11.9 Å². The molecule has 2 aliphatic heterocycles. The standard InChI is InChI=1S/C24H27N5O4S/c1-16-3-6-19(7-4-16)29-23(28-9-11-31-12-10-28)26-27-24(29)34-17(2)22(30)25-18-5-8-20-21(15-18)33-14-13-32-20/h3-8,15,17H,9-14H2,1-2H3,(H,25,30). The third-order valence-corrected chi connectivity index (χ3v) is 6.71. The average Bonchev–Trinajstić information content (AvgIpc) is 3.28. The molecule has 5 rings (SSSR count). The van der Waals surface area contributed by atoms with Gasteiger partial charge in [-0.25, -0.2) is 0 Å². The lowest BCUT2D eigenvalue weighted by Crippen LogP contribution is -2.38. The maximum Gasteiger partial charge on any atom is 0.237 e. The first kappa shape index (κ1) is 22.5. The van der Waals surface area contributed by atoms with E-state index < -0.39 is 5.25 Å². The van der Waals surface area contributed by atoms with E-state index in [4.69, 9.17) is 14.2 Å². The summed E-state index contributed by atoms with van der Waals surface area (Å²) in [6.45, 7) is 7.73. The molecular weight excluding hydrogens is 454 g/mol. The van der Waals surface area contributed by atoms with Gasteiger partial charge in [0.25, 0.3) is 0 Å². The predicted octanol–water partition coefficient (Wildman–Crippen LogP) is 3.30. The molecule has 1 atom stereocenters. The van der Waals surface area contributed by atoms with Crippen LogP contribution in [-0.4, -0.2) is 65.4 Å². The Morgan fingerprint density at radius 2 is 1.74 bits per heavy atom. The number of aromatic nitrogens is 3. The molecule has 0 saturated carbocycles. The van der Waals surface area contributed by atoms with E-state index in [-0.39, 0.29) is 5.91 Å². The van der Waals surface area contributed by atoms with Gasteiger partial charge in [0.15, 0.2) is 16.7 Å². The van der Waals surface area contributed by atoms with E-state index in [2.05, 4.69) is 39.5 Å². The second-order valence-corrected chi connectivity index (χ2v) is 9.47. The Bertz CT molecular complexity index is 1160. The number of anilines is 2. The van der Waals surface area contributed by atoms with Crippen molar-refractivity contribution in [1.82, 2.24) is 14.8 Å². The van der Waals surface area contributed by atoms with E-state index in [1.54, 1.807) is 6.07 Å². The number of nitrogens with one attached hydrogen (secondary N) is 1. The molecule has 1 amide bonds. The number of nitrogens with zero attached hydrogens (tertiary/aromatic N) is 4. The van der Waals surface area contributed by atoms with Crippen molar-refractivity contribution in [2.45, 2.75) is 24.3 Å². The van der Waals surface area contributed by atoms with Crippen LogP contribution in [0.15, 0.2) is 47.6 Å². The molecule has 0 aliphatic carbocycles. The number of carbonyl (C=O) groups excluding carboxylic acids is 1. The van der Waals surface area contributed by atoms with Crippen molar-refractivity contribution in [2.24, 2.45) is 0 Å². The fourth-order valence-corrected chi connectivity index (χ4v) is 4.67. The molecule has 1 saturated heterocycles. The smallest absolute Gasteiger partial charge is 0.237 e. The lowest BCUT2D eigenvalue weighted by molar-refractivity contribution is -0.115. The number of ether oxygens (including phenoxy) is 3. The van der Waals surface area contributed by atoms with Crippen LogP contribution < -0.4 is 19.7 Å². The zero-order chi connectivity index (χ0) is 23.5. The average molecular weight is 482 g/mol. The molecule has 1 unspecified atom stereocenters. The van der Waals surface area contributed by atoms with Crippen LogP contribution in [0.3, 0.4) is 0 Å². The summed E-state index contributed by atoms with van der Waals surface area (Å²) in [5.74, 6) is 1.95. The highest BCUT2D eigenvalue weighted by molar-refractivity contribution is 8.00. The SMILES string of the molecule is Cc1ccc(-n2c(SC(C)C(=O)Nc3ccc4c(c3)OCCO4)nnc2N2CCOCC2)cc1. The molecule has 10 heteroatoms. The Balaban J connectivity index is 1.36. The number of thioether (sulfide) groups is 1. The summed E-state index contributed by atoms with van der Waals surface area (Å²) in [6, 6.07) is 13.6. The minimum absolute atomic E-state index is 0.131. The molecule has 34 heavy (non-hydrogen) atoms. The van der Waals surface area contributed by atoms with Crippen LogP contribution >= 0.6 is 11.8 Å². The Kier molecular flexibility index (Phi) is 6.59. The van der Waals surface area contributed by atoms with Crippen molar-refractivity contribution in [2.75, 3.05) is 49.7 Å². The molecular formula is C24H27N5O4S. The van der Waals surface area contributed by atoms with Gasteiger partial charge in [-0.2, -0.15) is 0 Å². The van der Waals surface area contributed by atoms with Crippen LogP contribution in [0.25, 0.3) is 5.69 Å². The van der Waals surface area contributed by atoms with Crippen molar-refractivity contribution in [1.29, 1.82) is 0 Å². The topological polar surface area (TPSA) is 90.7 Å². The first-order chi connectivity index (χ1) is 16.6. The third kappa shape index (κ3) is 4.83. The van der Waals surface area contributed by atoms with E-state index in [1.165, 1.54) is 17.3 Å². The number of fused-ring (bicyclic) bond motifs is 1. The molecule has 9 nitrogen and oxygen atoms in total. The highest BCUT2D eigenvalue weighted by atomic mass is 32.2. The van der Waals surface area contributed by atoms with E-state index in [0.29, 0.717) is 48.8 Å². The first-order valence-corrected chi connectivity index (χ1v) is 12.2. The van der Waals surface area contributed by atoms with Crippen LogP contribution in [-0.2, 0) is 9.53 Å². The van der Waals surface area contributed by atoms with Gasteiger partial charge >= 0.3 is 0 Å². The Morgan fingerprint density at radius 3 is 2.50 bits per heavy atom. The summed E-state index contributed by atoms with van der Waals surface area (Å²) in [4.78, 5) is 15.2. The maximum absolute atomic E-state index is 13.0. The van der Waals surface area contributed by atoms with Gasteiger partial charge in [0, 0.05) is 24.8 Å². The second-order valence-electron chi connectivity index (χ2n) is 8.16. The zero-order valence-electron chi connectivity index (χ0n) is 19.2. The number of benzene rings is 2. The number of amides is 1. The fourth-order valence-electron chi connectivity index (χ4n) is 3.80. The Morgan fingerprint density at radius 1 is 1.00 bits per heavy atom. The number of hydrogen-bond acceptors (Lipinski definition) is 8. The van der Waals surface area contributed by atoms with E-state index in [0.717, 1.165) is 24.7 Å². The molecule has 0 bridgehead atoms. The molecule has 2 aliphatic rings. The number of carbonyl (C=O) groups is 1. The van der Waals surface area contributed by atoms with Crippen LogP contribution in [0, 0.1) is 6.92 Å². The van der Waals surface area contributed by atoms with Gasteiger partial charge in [-0.15, -0.1) is 10.2 Å². The van der Waals surface area contributed by atoms with Crippen LogP contribution in [0.4, 0.5) is 11.6 Å². The molecule has 1 aromatic heterocycles. The van der Waals surface area contributed by atoms with Gasteiger partial charge in [0.1, 0.15) is 13.2 Å². The fraction of sp³-hybridized carbons (Fsp3) is 0.375. The molecule has 3 heterocycles. The quantitative estimate of drug-likeness (QED) is 0.537. The van der Waals surface area contributed by atoms with Gasteiger partial charge in [-0.05, 0) is 38.1 Å². The van der Waals surface area contributed by atoms with Crippen LogP contribution in [0.5, 0.6) is 11.5 Å². The largest absolute Gasteiger partial charge is 0.486 e. The highest BCUT2D eigenvalue weighted by Crippen LogP contribution is 2.34. The molecule has 0 spiro atoms. The van der Waals surface area contributed by atoms with E-state index in [9.17, 15) is 4.79 Å². The number of aryl methyl sites for hydroxylation is 1. The molecule has 178 valence electrons. The summed E-state index contributed by atoms with van der Waals surface area (Å²) < 4.78 is 18.7. The third-order valence-electron chi connectivity index (χ3n) is 5.66. The number of hydrogen-bond donors (Lipinski definition) is 1. The monoisotopic (exact) mass is 481 g/mol. The second kappa shape index (κ2) is 9.94. The van der Waals surface area contributed by atoms with Gasteiger partial charge < -0.3 is 24.4 Å². The number of morpholine rings is 1. The minimum atomic E-state index is -0.404.